The van der Waals surface area contributed by atoms with Crippen LogP contribution in [0.25, 0.3) is 0 Å². The number of ether oxygens (including phenoxy) is 2. The Morgan fingerprint density at radius 1 is 1.58 bits per heavy atom. The van der Waals surface area contributed by atoms with E-state index in [2.05, 4.69) is 0 Å². The van der Waals surface area contributed by atoms with Crippen molar-refractivity contribution in [3.63, 3.8) is 0 Å². The molecule has 0 bridgehead atoms. The highest BCUT2D eigenvalue weighted by atomic mass is 16.5. The zero-order chi connectivity index (χ0) is 9.40. The van der Waals surface area contributed by atoms with Crippen molar-refractivity contribution >= 4 is 5.97 Å². The van der Waals surface area contributed by atoms with Gasteiger partial charge >= 0.3 is 5.97 Å². The highest BCUT2D eigenvalue weighted by Crippen LogP contribution is 2.00. The van der Waals surface area contributed by atoms with Crippen LogP contribution in [0.3, 0.4) is 0 Å². The normalized spacial score (nSPS) is 13.2. The van der Waals surface area contributed by atoms with Crippen LogP contribution in [0.5, 0.6) is 0 Å². The van der Waals surface area contributed by atoms with Gasteiger partial charge in [0.25, 0.3) is 0 Å². The van der Waals surface area contributed by atoms with E-state index in [4.69, 9.17) is 9.47 Å². The number of hydrogen-bond acceptors (Lipinski definition) is 3. The summed E-state index contributed by atoms with van der Waals surface area (Å²) in [4.78, 5) is 11.0. The predicted octanol–water partition coefficient (Wildman–Crippen LogP) is 1.53. The Labute approximate surface area is 73.4 Å². The summed E-state index contributed by atoms with van der Waals surface area (Å²) in [5.74, 6) is -0.220. The molecule has 0 heterocycles. The van der Waals surface area contributed by atoms with Crippen molar-refractivity contribution in [2.24, 2.45) is 0 Å². The molecule has 3 heteroatoms. The molecular weight excluding hydrogens is 156 g/mol. The summed E-state index contributed by atoms with van der Waals surface area (Å²) in [6.07, 6.45) is 3.81. The van der Waals surface area contributed by atoms with Gasteiger partial charge in [0.15, 0.2) is 0 Å². The van der Waals surface area contributed by atoms with Crippen LogP contribution in [0.15, 0.2) is 12.2 Å². The lowest BCUT2D eigenvalue weighted by Gasteiger charge is -2.09. The van der Waals surface area contributed by atoms with Gasteiger partial charge in [0.2, 0.25) is 0 Å². The van der Waals surface area contributed by atoms with Gasteiger partial charge in [-0.3, -0.25) is 4.79 Å². The van der Waals surface area contributed by atoms with Gasteiger partial charge in [-0.15, -0.1) is 0 Å². The molecule has 0 saturated heterocycles. The Morgan fingerprint density at radius 3 is 2.67 bits per heavy atom. The van der Waals surface area contributed by atoms with Crippen molar-refractivity contribution in [1.29, 1.82) is 0 Å². The minimum atomic E-state index is -0.220. The molecule has 12 heavy (non-hydrogen) atoms. The zero-order valence-corrected chi connectivity index (χ0v) is 7.87. The molecular formula is C9H16O3. The largest absolute Gasteiger partial charge is 0.466 e. The summed E-state index contributed by atoms with van der Waals surface area (Å²) < 4.78 is 9.79. The number of allylic oxidation sites excluding steroid dienone is 1. The Balaban J connectivity index is 3.77. The van der Waals surface area contributed by atoms with E-state index in [-0.39, 0.29) is 18.5 Å². The van der Waals surface area contributed by atoms with E-state index in [0.717, 1.165) is 0 Å². The third-order valence-electron chi connectivity index (χ3n) is 1.38. The monoisotopic (exact) mass is 172 g/mol. The molecule has 0 rings (SSSR count). The minimum Gasteiger partial charge on any atom is -0.466 e. The summed E-state index contributed by atoms with van der Waals surface area (Å²) in [5.41, 5.74) is 0. The van der Waals surface area contributed by atoms with Gasteiger partial charge in [-0.1, -0.05) is 12.2 Å². The van der Waals surface area contributed by atoms with Crippen LogP contribution in [-0.2, 0) is 14.3 Å². The lowest BCUT2D eigenvalue weighted by atomic mass is 10.2. The van der Waals surface area contributed by atoms with Gasteiger partial charge in [-0.25, -0.2) is 0 Å². The number of rotatable bonds is 5. The van der Waals surface area contributed by atoms with Crippen LogP contribution in [0, 0.1) is 0 Å². The standard InChI is InChI=1S/C9H16O3/c1-4-6-8(11-3)7-9(10)12-5-2/h4,6,8H,5,7H2,1-3H3/b6-4+. The second-order valence-electron chi connectivity index (χ2n) is 2.31. The first kappa shape index (κ1) is 11.2. The van der Waals surface area contributed by atoms with Gasteiger partial charge in [0, 0.05) is 7.11 Å². The first-order valence-electron chi connectivity index (χ1n) is 4.05. The van der Waals surface area contributed by atoms with Crippen LogP contribution < -0.4 is 0 Å². The maximum absolute atomic E-state index is 11.0. The van der Waals surface area contributed by atoms with Gasteiger partial charge in [-0.2, -0.15) is 0 Å². The molecule has 0 aliphatic heterocycles. The summed E-state index contributed by atoms with van der Waals surface area (Å²) in [6.45, 7) is 4.09. The van der Waals surface area contributed by atoms with Crippen LogP contribution in [0.1, 0.15) is 20.3 Å². The summed E-state index contributed by atoms with van der Waals surface area (Å²) >= 11 is 0. The lowest BCUT2D eigenvalue weighted by Crippen LogP contribution is -2.15. The smallest absolute Gasteiger partial charge is 0.308 e. The van der Waals surface area contributed by atoms with E-state index in [1.165, 1.54) is 0 Å². The quantitative estimate of drug-likeness (QED) is 0.466. The van der Waals surface area contributed by atoms with Crippen molar-refractivity contribution in [3.8, 4) is 0 Å². The Hall–Kier alpha value is -0.830. The van der Waals surface area contributed by atoms with E-state index >= 15 is 0 Å². The van der Waals surface area contributed by atoms with E-state index in [1.807, 2.05) is 19.1 Å². The maximum atomic E-state index is 11.0. The average molecular weight is 172 g/mol. The van der Waals surface area contributed by atoms with Crippen molar-refractivity contribution in [2.75, 3.05) is 13.7 Å². The average Bonchev–Trinajstić information content (AvgIpc) is 2.04. The maximum Gasteiger partial charge on any atom is 0.308 e. The molecule has 0 amide bonds. The molecule has 0 spiro atoms. The summed E-state index contributed by atoms with van der Waals surface area (Å²) in [5, 5.41) is 0. The molecule has 0 aliphatic rings. The number of carbonyl (C=O) groups is 1. The Bertz CT molecular complexity index is 152. The predicted molar refractivity (Wildman–Crippen MR) is 46.9 cm³/mol. The third-order valence-corrected chi connectivity index (χ3v) is 1.38. The minimum absolute atomic E-state index is 0.158. The number of hydrogen-bond donors (Lipinski definition) is 0. The number of esters is 1. The molecule has 0 aromatic heterocycles. The molecule has 0 aromatic carbocycles. The highest BCUT2D eigenvalue weighted by Gasteiger charge is 2.09. The highest BCUT2D eigenvalue weighted by molar-refractivity contribution is 5.70. The first-order valence-corrected chi connectivity index (χ1v) is 4.05. The molecule has 1 atom stereocenters. The van der Waals surface area contributed by atoms with Crippen molar-refractivity contribution in [3.05, 3.63) is 12.2 Å². The van der Waals surface area contributed by atoms with Gasteiger partial charge in [-0.05, 0) is 13.8 Å². The molecule has 0 aliphatic carbocycles. The Kier molecular flexibility index (Phi) is 6.38. The second-order valence-corrected chi connectivity index (χ2v) is 2.31. The molecule has 0 radical (unpaired) electrons. The van der Waals surface area contributed by atoms with E-state index in [1.54, 1.807) is 14.0 Å². The fraction of sp³-hybridized carbons (Fsp3) is 0.667. The van der Waals surface area contributed by atoms with Crippen LogP contribution >= 0.6 is 0 Å². The third kappa shape index (κ3) is 4.91. The van der Waals surface area contributed by atoms with E-state index in [9.17, 15) is 4.79 Å². The molecule has 70 valence electrons. The van der Waals surface area contributed by atoms with E-state index < -0.39 is 0 Å². The molecule has 0 N–H and O–H groups in total. The fourth-order valence-corrected chi connectivity index (χ4v) is 0.829. The van der Waals surface area contributed by atoms with Gasteiger partial charge in [0.05, 0.1) is 19.1 Å². The van der Waals surface area contributed by atoms with Crippen molar-refractivity contribution in [1.82, 2.24) is 0 Å². The molecule has 3 nitrogen and oxygen atoms in total. The fourth-order valence-electron chi connectivity index (χ4n) is 0.829. The Morgan fingerprint density at radius 2 is 2.25 bits per heavy atom. The second kappa shape index (κ2) is 6.85. The summed E-state index contributed by atoms with van der Waals surface area (Å²) in [6, 6.07) is 0. The van der Waals surface area contributed by atoms with Crippen LogP contribution in [-0.4, -0.2) is 25.8 Å². The van der Waals surface area contributed by atoms with Crippen molar-refractivity contribution < 1.29 is 14.3 Å². The summed E-state index contributed by atoms with van der Waals surface area (Å²) in [7, 11) is 1.57. The molecule has 1 unspecified atom stereocenters. The molecule has 0 fully saturated rings. The number of methoxy groups -OCH3 is 1. The molecule has 0 saturated carbocycles. The number of carbonyl (C=O) groups excluding carboxylic acids is 1. The first-order chi connectivity index (χ1) is 5.74. The molecule has 0 aromatic rings. The van der Waals surface area contributed by atoms with E-state index in [0.29, 0.717) is 6.61 Å². The van der Waals surface area contributed by atoms with Crippen LogP contribution in [0.2, 0.25) is 0 Å². The topological polar surface area (TPSA) is 35.5 Å². The van der Waals surface area contributed by atoms with Crippen molar-refractivity contribution in [2.45, 2.75) is 26.4 Å². The van der Waals surface area contributed by atoms with Gasteiger partial charge < -0.3 is 9.47 Å². The van der Waals surface area contributed by atoms with Gasteiger partial charge in [0.1, 0.15) is 0 Å². The lowest BCUT2D eigenvalue weighted by molar-refractivity contribution is -0.145. The SMILES string of the molecule is C/C=C/C(CC(=O)OCC)OC. The van der Waals surface area contributed by atoms with Crippen LogP contribution in [0.4, 0.5) is 0 Å². The zero-order valence-electron chi connectivity index (χ0n) is 7.87.